The number of allylic oxidation sites excluding steroid dienone is 1. The zero-order chi connectivity index (χ0) is 16.1. The third-order valence-corrected chi connectivity index (χ3v) is 3.07. The minimum Gasteiger partial charge on any atom is -0.507 e. The monoisotopic (exact) mass is 298 g/mol. The fraction of sp³-hybridized carbons (Fsp3) is 0.0588. The molecule has 5 nitrogen and oxygen atoms in total. The van der Waals surface area contributed by atoms with Crippen LogP contribution in [-0.2, 0) is 0 Å². The second-order valence-corrected chi connectivity index (χ2v) is 4.47. The third-order valence-electron chi connectivity index (χ3n) is 3.07. The Bertz CT molecular complexity index is 746. The van der Waals surface area contributed by atoms with Gasteiger partial charge in [-0.1, -0.05) is 18.2 Å². The van der Waals surface area contributed by atoms with E-state index < -0.39 is 11.8 Å². The van der Waals surface area contributed by atoms with Crippen molar-refractivity contribution in [3.63, 3.8) is 0 Å². The molecule has 0 fully saturated rings. The lowest BCUT2D eigenvalue weighted by molar-refractivity contribution is 0.0693. The predicted octanol–water partition coefficient (Wildman–Crippen LogP) is 3.00. The lowest BCUT2D eigenvalue weighted by Gasteiger charge is -2.04. The number of carboxylic acid groups (broad SMARTS) is 1. The summed E-state index contributed by atoms with van der Waals surface area (Å²) in [6.07, 6.45) is 2.63. The first-order valence-corrected chi connectivity index (χ1v) is 6.44. The van der Waals surface area contributed by atoms with Crippen LogP contribution in [0.2, 0.25) is 0 Å². The molecule has 0 unspecified atom stereocenters. The average molecular weight is 298 g/mol. The topological polar surface area (TPSA) is 83.8 Å². The van der Waals surface area contributed by atoms with Gasteiger partial charge in [-0.3, -0.25) is 4.79 Å². The van der Waals surface area contributed by atoms with Crippen molar-refractivity contribution in [1.29, 1.82) is 0 Å². The molecule has 5 heteroatoms. The van der Waals surface area contributed by atoms with Crippen LogP contribution in [0.15, 0.2) is 48.5 Å². The highest BCUT2D eigenvalue weighted by Gasteiger charge is 2.13. The first-order valence-electron chi connectivity index (χ1n) is 6.44. The minimum absolute atomic E-state index is 0.00336. The maximum atomic E-state index is 12.1. The third kappa shape index (κ3) is 3.32. The van der Waals surface area contributed by atoms with E-state index in [1.165, 1.54) is 37.5 Å². The molecule has 0 heterocycles. The summed E-state index contributed by atoms with van der Waals surface area (Å²) >= 11 is 0. The molecule has 0 radical (unpaired) electrons. The summed E-state index contributed by atoms with van der Waals surface area (Å²) in [5.74, 6) is -1.09. The molecule has 0 saturated heterocycles. The van der Waals surface area contributed by atoms with E-state index in [1.807, 2.05) is 0 Å². The van der Waals surface area contributed by atoms with Crippen molar-refractivity contribution in [2.24, 2.45) is 0 Å². The van der Waals surface area contributed by atoms with Gasteiger partial charge in [0.1, 0.15) is 11.5 Å². The largest absolute Gasteiger partial charge is 0.507 e. The highest BCUT2D eigenvalue weighted by molar-refractivity contribution is 6.12. The molecule has 2 aromatic carbocycles. The van der Waals surface area contributed by atoms with Crippen molar-refractivity contribution >= 4 is 17.8 Å². The van der Waals surface area contributed by atoms with E-state index in [-0.39, 0.29) is 16.9 Å². The van der Waals surface area contributed by atoms with Crippen LogP contribution >= 0.6 is 0 Å². The fourth-order valence-electron chi connectivity index (χ4n) is 1.93. The summed E-state index contributed by atoms with van der Waals surface area (Å²) in [6.45, 7) is 0. The summed E-state index contributed by atoms with van der Waals surface area (Å²) in [5, 5.41) is 18.8. The molecule has 22 heavy (non-hydrogen) atoms. The van der Waals surface area contributed by atoms with Crippen LogP contribution in [0, 0.1) is 0 Å². The predicted molar refractivity (Wildman–Crippen MR) is 81.4 cm³/mol. The van der Waals surface area contributed by atoms with Gasteiger partial charge in [0.2, 0.25) is 0 Å². The summed E-state index contributed by atoms with van der Waals surface area (Å²) in [4.78, 5) is 23.3. The molecule has 0 spiro atoms. The molecular weight excluding hydrogens is 284 g/mol. The van der Waals surface area contributed by atoms with Crippen LogP contribution < -0.4 is 4.74 Å². The van der Waals surface area contributed by atoms with Crippen LogP contribution in [0.3, 0.4) is 0 Å². The number of methoxy groups -OCH3 is 1. The molecule has 0 saturated carbocycles. The molecule has 0 amide bonds. The van der Waals surface area contributed by atoms with E-state index in [0.717, 1.165) is 0 Å². The van der Waals surface area contributed by atoms with E-state index in [2.05, 4.69) is 0 Å². The van der Waals surface area contributed by atoms with Crippen LogP contribution in [0.4, 0.5) is 0 Å². The Morgan fingerprint density at radius 3 is 2.41 bits per heavy atom. The number of carboxylic acids is 1. The molecule has 112 valence electrons. The Kier molecular flexibility index (Phi) is 4.58. The van der Waals surface area contributed by atoms with Crippen LogP contribution in [-0.4, -0.2) is 29.1 Å². The highest BCUT2D eigenvalue weighted by Crippen LogP contribution is 2.24. The van der Waals surface area contributed by atoms with E-state index in [9.17, 15) is 14.7 Å². The lowest BCUT2D eigenvalue weighted by atomic mass is 10.0. The van der Waals surface area contributed by atoms with Crippen molar-refractivity contribution in [1.82, 2.24) is 0 Å². The number of hydrogen-bond acceptors (Lipinski definition) is 4. The number of carbonyl (C=O) groups excluding carboxylic acids is 1. The molecule has 2 aromatic rings. The number of aromatic hydroxyl groups is 1. The minimum atomic E-state index is -1.17. The number of ether oxygens (including phenoxy) is 1. The van der Waals surface area contributed by atoms with Gasteiger partial charge >= 0.3 is 5.97 Å². The standard InChI is InChI=1S/C17H14O5/c1-22-12-7-9-15(18)11(10-12)6-8-16(19)13-4-2-3-5-14(13)17(20)21/h2-10,18H,1H3,(H,20,21). The van der Waals surface area contributed by atoms with E-state index in [0.29, 0.717) is 11.3 Å². The molecule has 0 aliphatic rings. The smallest absolute Gasteiger partial charge is 0.336 e. The van der Waals surface area contributed by atoms with Crippen molar-refractivity contribution < 1.29 is 24.5 Å². The lowest BCUT2D eigenvalue weighted by Crippen LogP contribution is -2.06. The highest BCUT2D eigenvalue weighted by atomic mass is 16.5. The van der Waals surface area contributed by atoms with Gasteiger partial charge in [0.15, 0.2) is 5.78 Å². The Labute approximate surface area is 127 Å². The van der Waals surface area contributed by atoms with Gasteiger partial charge in [0.05, 0.1) is 12.7 Å². The van der Waals surface area contributed by atoms with E-state index >= 15 is 0 Å². The zero-order valence-corrected chi connectivity index (χ0v) is 11.8. The normalized spacial score (nSPS) is 10.6. The molecule has 0 aliphatic heterocycles. The Balaban J connectivity index is 2.31. The van der Waals surface area contributed by atoms with E-state index in [1.54, 1.807) is 24.3 Å². The molecule has 2 N–H and O–H groups in total. The van der Waals surface area contributed by atoms with Crippen molar-refractivity contribution in [2.75, 3.05) is 7.11 Å². The number of phenols is 1. The number of phenolic OH excluding ortho intramolecular Hbond substituents is 1. The first-order chi connectivity index (χ1) is 10.5. The van der Waals surface area contributed by atoms with Crippen LogP contribution in [0.1, 0.15) is 26.3 Å². The molecule has 0 aromatic heterocycles. The number of aromatic carboxylic acids is 1. The SMILES string of the molecule is COc1ccc(O)c(C=CC(=O)c2ccccc2C(=O)O)c1. The van der Waals surface area contributed by atoms with Crippen LogP contribution in [0.5, 0.6) is 11.5 Å². The van der Waals surface area contributed by atoms with Gasteiger partial charge < -0.3 is 14.9 Å². The van der Waals surface area contributed by atoms with Gasteiger partial charge in [-0.15, -0.1) is 0 Å². The molecule has 0 bridgehead atoms. The molecule has 2 rings (SSSR count). The number of carbonyl (C=O) groups is 2. The quantitative estimate of drug-likeness (QED) is 0.655. The van der Waals surface area contributed by atoms with Crippen molar-refractivity contribution in [3.05, 3.63) is 65.2 Å². The summed E-state index contributed by atoms with van der Waals surface area (Å²) in [6, 6.07) is 10.6. The van der Waals surface area contributed by atoms with Gasteiger partial charge in [0.25, 0.3) is 0 Å². The number of ketones is 1. The molecule has 0 aliphatic carbocycles. The maximum Gasteiger partial charge on any atom is 0.336 e. The average Bonchev–Trinajstić information content (AvgIpc) is 2.53. The second kappa shape index (κ2) is 6.58. The first kappa shape index (κ1) is 15.3. The summed E-state index contributed by atoms with van der Waals surface area (Å²) in [5.41, 5.74) is 0.432. The number of hydrogen-bond donors (Lipinski definition) is 2. The maximum absolute atomic E-state index is 12.1. The van der Waals surface area contributed by atoms with Crippen molar-refractivity contribution in [2.45, 2.75) is 0 Å². The van der Waals surface area contributed by atoms with E-state index in [4.69, 9.17) is 9.84 Å². The molecular formula is C17H14O5. The molecule has 0 atom stereocenters. The Hall–Kier alpha value is -3.08. The van der Waals surface area contributed by atoms with Gasteiger partial charge in [0, 0.05) is 11.1 Å². The summed E-state index contributed by atoms with van der Waals surface area (Å²) < 4.78 is 5.04. The second-order valence-electron chi connectivity index (χ2n) is 4.47. The summed E-state index contributed by atoms with van der Waals surface area (Å²) in [7, 11) is 1.49. The van der Waals surface area contributed by atoms with Crippen LogP contribution in [0.25, 0.3) is 6.08 Å². The fourth-order valence-corrected chi connectivity index (χ4v) is 1.93. The van der Waals surface area contributed by atoms with Crippen molar-refractivity contribution in [3.8, 4) is 11.5 Å². The Morgan fingerprint density at radius 1 is 1.09 bits per heavy atom. The van der Waals surface area contributed by atoms with Gasteiger partial charge in [-0.25, -0.2) is 4.79 Å². The Morgan fingerprint density at radius 2 is 1.77 bits per heavy atom. The zero-order valence-electron chi connectivity index (χ0n) is 11.8. The van der Waals surface area contributed by atoms with Gasteiger partial charge in [-0.2, -0.15) is 0 Å². The number of benzene rings is 2. The number of rotatable bonds is 5. The van der Waals surface area contributed by atoms with Gasteiger partial charge in [-0.05, 0) is 36.4 Å².